The summed E-state index contributed by atoms with van der Waals surface area (Å²) in [4.78, 5) is 0. The minimum atomic E-state index is 0.973. The Morgan fingerprint density at radius 1 is 0.368 bits per heavy atom. The molecule has 0 atom stereocenters. The molecule has 0 aliphatic heterocycles. The normalized spacial score (nSPS) is 10.9. The van der Waals surface area contributed by atoms with Gasteiger partial charge in [0.05, 0.1) is 0 Å². The Kier molecular flexibility index (Phi) is 7.07. The third kappa shape index (κ3) is 5.35. The maximum absolute atomic E-state index is 5.84. The topological polar surface area (TPSA) is 26.3 Å². The number of aryl methyl sites for hydroxylation is 6. The van der Waals surface area contributed by atoms with Gasteiger partial charge in [-0.25, -0.2) is 0 Å². The molecule has 0 saturated heterocycles. The molecule has 0 radical (unpaired) electrons. The van der Waals surface area contributed by atoms with Gasteiger partial charge in [0.25, 0.3) is 0 Å². The van der Waals surface area contributed by atoms with E-state index in [1.54, 1.807) is 0 Å². The summed E-state index contributed by atoms with van der Waals surface area (Å²) in [6, 6.07) is 33.6. The summed E-state index contributed by atoms with van der Waals surface area (Å²) in [5, 5.41) is 4.87. The van der Waals surface area contributed by atoms with Gasteiger partial charge in [0.15, 0.2) is 0 Å². The highest BCUT2D eigenvalue weighted by Crippen LogP contribution is 2.31. The molecule has 0 N–H and O–H groups in total. The van der Waals surface area contributed by atoms with Gasteiger partial charge in [-0.3, -0.25) is 0 Å². The first-order valence-electron chi connectivity index (χ1n) is 13.1. The van der Waals surface area contributed by atoms with Gasteiger partial charge < -0.3 is 8.83 Å². The number of hydrogen-bond acceptors (Lipinski definition) is 2. The summed E-state index contributed by atoms with van der Waals surface area (Å²) < 4.78 is 11.6. The van der Waals surface area contributed by atoms with Crippen LogP contribution in [-0.4, -0.2) is 0 Å². The average Bonchev–Trinajstić information content (AvgIpc) is 3.43. The third-order valence-electron chi connectivity index (χ3n) is 6.80. The molecule has 0 saturated carbocycles. The number of benzene rings is 5. The molecule has 38 heavy (non-hydrogen) atoms. The van der Waals surface area contributed by atoms with Crippen LogP contribution in [0.15, 0.2) is 106 Å². The van der Waals surface area contributed by atoms with E-state index < -0.39 is 0 Å². The molecule has 7 rings (SSSR count). The minimum absolute atomic E-state index is 0.973. The van der Waals surface area contributed by atoms with Crippen molar-refractivity contribution in [3.05, 3.63) is 130 Å². The molecule has 7 aromatic rings. The lowest BCUT2D eigenvalue weighted by atomic mass is 10.1. The molecule has 2 heterocycles. The van der Waals surface area contributed by atoms with Crippen molar-refractivity contribution in [2.24, 2.45) is 0 Å². The van der Waals surface area contributed by atoms with Crippen molar-refractivity contribution in [3.8, 4) is 0 Å². The van der Waals surface area contributed by atoms with Crippen LogP contribution >= 0.6 is 0 Å². The van der Waals surface area contributed by atoms with E-state index in [9.17, 15) is 0 Å². The summed E-state index contributed by atoms with van der Waals surface area (Å²) in [6.07, 6.45) is 0. The van der Waals surface area contributed by atoms with Gasteiger partial charge in [-0.15, -0.1) is 0 Å². The summed E-state index contributed by atoms with van der Waals surface area (Å²) in [6.45, 7) is 12.6. The van der Waals surface area contributed by atoms with Crippen LogP contribution in [0.3, 0.4) is 0 Å². The van der Waals surface area contributed by atoms with Crippen LogP contribution in [0, 0.1) is 41.5 Å². The van der Waals surface area contributed by atoms with E-state index in [1.807, 2.05) is 18.2 Å². The summed E-state index contributed by atoms with van der Waals surface area (Å²) in [5.74, 6) is 0. The van der Waals surface area contributed by atoms with Gasteiger partial charge in [-0.05, 0) is 83.5 Å². The molecule has 190 valence electrons. The van der Waals surface area contributed by atoms with Crippen LogP contribution in [0.25, 0.3) is 43.9 Å². The van der Waals surface area contributed by atoms with Crippen molar-refractivity contribution in [2.75, 3.05) is 0 Å². The molecule has 2 heteroatoms. The molecular formula is C36H34O2. The lowest BCUT2D eigenvalue weighted by Crippen LogP contribution is -1.72. The molecule has 5 aromatic carbocycles. The van der Waals surface area contributed by atoms with E-state index in [1.165, 1.54) is 54.9 Å². The number of hydrogen-bond donors (Lipinski definition) is 0. The van der Waals surface area contributed by atoms with Gasteiger partial charge in [0.1, 0.15) is 22.3 Å². The van der Waals surface area contributed by atoms with Crippen LogP contribution < -0.4 is 0 Å². The summed E-state index contributed by atoms with van der Waals surface area (Å²) in [7, 11) is 0. The van der Waals surface area contributed by atoms with Crippen LogP contribution in [0.4, 0.5) is 0 Å². The fourth-order valence-corrected chi connectivity index (χ4v) is 4.87. The Morgan fingerprint density at radius 3 is 1.26 bits per heavy atom. The fourth-order valence-electron chi connectivity index (χ4n) is 4.87. The van der Waals surface area contributed by atoms with Crippen molar-refractivity contribution < 1.29 is 8.83 Å². The Morgan fingerprint density at radius 2 is 0.789 bits per heavy atom. The van der Waals surface area contributed by atoms with Crippen LogP contribution in [-0.2, 0) is 0 Å². The first kappa shape index (κ1) is 25.4. The highest BCUT2D eigenvalue weighted by molar-refractivity contribution is 6.06. The van der Waals surface area contributed by atoms with E-state index in [0.29, 0.717) is 0 Å². The first-order valence-corrected chi connectivity index (χ1v) is 13.1. The zero-order valence-corrected chi connectivity index (χ0v) is 23.1. The van der Waals surface area contributed by atoms with Crippen molar-refractivity contribution >= 4 is 43.9 Å². The maximum atomic E-state index is 5.84. The molecule has 0 aliphatic carbocycles. The van der Waals surface area contributed by atoms with Gasteiger partial charge >= 0.3 is 0 Å². The fraction of sp³-hybridized carbons (Fsp3) is 0.167. The van der Waals surface area contributed by atoms with Gasteiger partial charge in [0, 0.05) is 21.5 Å². The zero-order valence-electron chi connectivity index (χ0n) is 23.1. The van der Waals surface area contributed by atoms with E-state index in [4.69, 9.17) is 8.83 Å². The summed E-state index contributed by atoms with van der Waals surface area (Å²) >= 11 is 0. The smallest absolute Gasteiger partial charge is 0.138 e. The van der Waals surface area contributed by atoms with Crippen molar-refractivity contribution in [1.82, 2.24) is 0 Å². The van der Waals surface area contributed by atoms with E-state index in [-0.39, 0.29) is 0 Å². The predicted molar refractivity (Wildman–Crippen MR) is 162 cm³/mol. The zero-order chi connectivity index (χ0) is 26.8. The Hall–Kier alpha value is -4.30. The van der Waals surface area contributed by atoms with Crippen molar-refractivity contribution in [3.63, 3.8) is 0 Å². The Labute approximate surface area is 224 Å². The molecule has 0 aliphatic rings. The van der Waals surface area contributed by atoms with E-state index in [2.05, 4.69) is 120 Å². The van der Waals surface area contributed by atoms with Crippen LogP contribution in [0.5, 0.6) is 0 Å². The monoisotopic (exact) mass is 498 g/mol. The molecule has 0 unspecified atom stereocenters. The minimum Gasteiger partial charge on any atom is -0.456 e. The third-order valence-corrected chi connectivity index (χ3v) is 6.80. The lowest BCUT2D eigenvalue weighted by molar-refractivity contribution is 0.665. The molecule has 0 fully saturated rings. The van der Waals surface area contributed by atoms with Gasteiger partial charge in [-0.1, -0.05) is 88.5 Å². The second kappa shape index (κ2) is 10.6. The Bertz CT molecular complexity index is 1790. The second-order valence-electron chi connectivity index (χ2n) is 10.3. The molecule has 0 spiro atoms. The van der Waals surface area contributed by atoms with E-state index >= 15 is 0 Å². The largest absolute Gasteiger partial charge is 0.456 e. The number of furan rings is 2. The van der Waals surface area contributed by atoms with E-state index in [0.717, 1.165) is 22.3 Å². The number of fused-ring (bicyclic) bond motifs is 6. The number of rotatable bonds is 0. The molecular weight excluding hydrogens is 464 g/mol. The van der Waals surface area contributed by atoms with Gasteiger partial charge in [-0.2, -0.15) is 0 Å². The van der Waals surface area contributed by atoms with Gasteiger partial charge in [0.2, 0.25) is 0 Å². The molecule has 2 aromatic heterocycles. The first-order chi connectivity index (χ1) is 18.3. The Balaban J connectivity index is 0.000000122. The highest BCUT2D eigenvalue weighted by atomic mass is 16.3. The second-order valence-corrected chi connectivity index (χ2v) is 10.3. The quantitative estimate of drug-likeness (QED) is 0.208. The number of para-hydroxylation sites is 1. The standard InChI is InChI=1S/2C14H12O.C8H10/c1-9-3-5-13-11(7-9)12-8-10(2)4-6-14(12)15-13;1-9-6-7-13-12(8-9)11-5-3-4-10(2)14(11)15-13;1-7-4-3-5-8(2)6-7/h2*3-8H,1-2H3;3-6H,1-2H3. The van der Waals surface area contributed by atoms with Crippen molar-refractivity contribution in [2.45, 2.75) is 41.5 Å². The van der Waals surface area contributed by atoms with Crippen LogP contribution in [0.1, 0.15) is 33.4 Å². The predicted octanol–water partition coefficient (Wildman–Crippen LogP) is 10.7. The lowest BCUT2D eigenvalue weighted by Gasteiger charge is -1.93. The summed E-state index contributed by atoms with van der Waals surface area (Å²) in [5.41, 5.74) is 11.6. The maximum Gasteiger partial charge on any atom is 0.138 e. The molecule has 2 nitrogen and oxygen atoms in total. The molecule has 0 bridgehead atoms. The highest BCUT2D eigenvalue weighted by Gasteiger charge is 2.08. The molecule has 0 amide bonds. The van der Waals surface area contributed by atoms with Crippen molar-refractivity contribution in [1.29, 1.82) is 0 Å². The van der Waals surface area contributed by atoms with Crippen LogP contribution in [0.2, 0.25) is 0 Å². The average molecular weight is 499 g/mol. The SMILES string of the molecule is Cc1ccc2oc3c(C)cccc3c2c1.Cc1ccc2oc3ccc(C)cc3c2c1.Cc1cccc(C)c1.